The Bertz CT molecular complexity index is 936. The molecule has 0 aliphatic heterocycles. The van der Waals surface area contributed by atoms with Crippen molar-refractivity contribution in [2.24, 2.45) is 5.92 Å². The van der Waals surface area contributed by atoms with Gasteiger partial charge in [-0.25, -0.2) is 0 Å². The highest BCUT2D eigenvalue weighted by molar-refractivity contribution is 5.86. The molecular formula is C22H24N2O3. The molecule has 5 nitrogen and oxygen atoms in total. The summed E-state index contributed by atoms with van der Waals surface area (Å²) in [7, 11) is 0. The summed E-state index contributed by atoms with van der Waals surface area (Å²) in [6.07, 6.45) is 1.64. The van der Waals surface area contributed by atoms with Crippen molar-refractivity contribution < 1.29 is 14.6 Å². The average Bonchev–Trinajstić information content (AvgIpc) is 2.68. The second-order valence-corrected chi connectivity index (χ2v) is 6.68. The van der Waals surface area contributed by atoms with Crippen LogP contribution in [-0.2, 0) is 4.79 Å². The van der Waals surface area contributed by atoms with Crippen molar-refractivity contribution in [2.45, 2.75) is 26.8 Å². The second-order valence-electron chi connectivity index (χ2n) is 6.68. The van der Waals surface area contributed by atoms with Crippen molar-refractivity contribution in [2.75, 3.05) is 6.61 Å². The van der Waals surface area contributed by atoms with E-state index in [-0.39, 0.29) is 17.6 Å². The van der Waals surface area contributed by atoms with E-state index in [0.29, 0.717) is 17.7 Å². The Labute approximate surface area is 159 Å². The van der Waals surface area contributed by atoms with Crippen LogP contribution < -0.4 is 10.1 Å². The summed E-state index contributed by atoms with van der Waals surface area (Å²) in [5.41, 5.74) is 1.99. The quantitative estimate of drug-likeness (QED) is 0.688. The fraction of sp³-hybridized carbons (Fsp3) is 0.273. The average molecular weight is 364 g/mol. The molecule has 0 aliphatic carbocycles. The topological polar surface area (TPSA) is 71.5 Å². The number of phenols is 1. The van der Waals surface area contributed by atoms with Crippen LogP contribution in [0, 0.1) is 5.92 Å². The number of carbonyl (C=O) groups is 1. The van der Waals surface area contributed by atoms with E-state index in [9.17, 15) is 9.90 Å². The number of aromatic nitrogens is 1. The molecule has 5 heteroatoms. The predicted molar refractivity (Wildman–Crippen MR) is 106 cm³/mol. The van der Waals surface area contributed by atoms with E-state index in [1.807, 2.05) is 69.3 Å². The van der Waals surface area contributed by atoms with Crippen LogP contribution in [0.1, 0.15) is 37.9 Å². The molecule has 140 valence electrons. The molecular weight excluding hydrogens is 340 g/mol. The number of hydrogen-bond acceptors (Lipinski definition) is 4. The van der Waals surface area contributed by atoms with Crippen LogP contribution in [0.15, 0.2) is 54.7 Å². The van der Waals surface area contributed by atoms with Crippen molar-refractivity contribution in [3.63, 3.8) is 0 Å². The van der Waals surface area contributed by atoms with E-state index in [1.165, 1.54) is 0 Å². The summed E-state index contributed by atoms with van der Waals surface area (Å²) in [5.74, 6) is 0.584. The first-order valence-electron chi connectivity index (χ1n) is 9.11. The summed E-state index contributed by atoms with van der Waals surface area (Å²) >= 11 is 0. The number of hydrogen-bond donors (Lipinski definition) is 2. The zero-order valence-electron chi connectivity index (χ0n) is 15.8. The van der Waals surface area contributed by atoms with Gasteiger partial charge in [0.05, 0.1) is 12.6 Å². The van der Waals surface area contributed by atoms with E-state index < -0.39 is 6.04 Å². The first-order valence-corrected chi connectivity index (χ1v) is 9.11. The van der Waals surface area contributed by atoms with Crippen molar-refractivity contribution in [1.82, 2.24) is 10.3 Å². The van der Waals surface area contributed by atoms with Gasteiger partial charge in [-0.05, 0) is 30.7 Å². The zero-order chi connectivity index (χ0) is 19.4. The van der Waals surface area contributed by atoms with Crippen molar-refractivity contribution >= 4 is 16.8 Å². The minimum absolute atomic E-state index is 0.0797. The fourth-order valence-electron chi connectivity index (χ4n) is 2.95. The summed E-state index contributed by atoms with van der Waals surface area (Å²) in [6.45, 7) is 6.20. The molecule has 3 rings (SSSR count). The lowest BCUT2D eigenvalue weighted by atomic mass is 9.95. The Morgan fingerprint density at radius 2 is 1.89 bits per heavy atom. The largest absolute Gasteiger partial charge is 0.505 e. The molecule has 2 aromatic carbocycles. The Balaban J connectivity index is 2.06. The van der Waals surface area contributed by atoms with Gasteiger partial charge < -0.3 is 15.2 Å². The van der Waals surface area contributed by atoms with Crippen LogP contribution in [0.4, 0.5) is 0 Å². The first kappa shape index (κ1) is 18.7. The second kappa shape index (κ2) is 8.08. The van der Waals surface area contributed by atoms with Crippen LogP contribution in [0.25, 0.3) is 10.9 Å². The summed E-state index contributed by atoms with van der Waals surface area (Å²) in [5, 5.41) is 14.7. The Hall–Kier alpha value is -3.08. The van der Waals surface area contributed by atoms with Crippen LogP contribution in [0.5, 0.6) is 11.5 Å². The number of fused-ring (bicyclic) bond motifs is 1. The molecule has 0 spiro atoms. The van der Waals surface area contributed by atoms with Gasteiger partial charge in [0, 0.05) is 23.1 Å². The Morgan fingerprint density at radius 3 is 2.56 bits per heavy atom. The molecule has 0 fully saturated rings. The smallest absolute Gasteiger partial charge is 0.223 e. The monoisotopic (exact) mass is 364 g/mol. The van der Waals surface area contributed by atoms with Crippen LogP contribution in [0.2, 0.25) is 0 Å². The fourth-order valence-corrected chi connectivity index (χ4v) is 2.95. The highest BCUT2D eigenvalue weighted by atomic mass is 16.5. The lowest BCUT2D eigenvalue weighted by molar-refractivity contribution is -0.124. The number of carbonyl (C=O) groups excluding carboxylic acids is 1. The lowest BCUT2D eigenvalue weighted by Crippen LogP contribution is -2.32. The maximum Gasteiger partial charge on any atom is 0.223 e. The Kier molecular flexibility index (Phi) is 5.60. The molecule has 0 bridgehead atoms. The number of benzene rings is 2. The highest BCUT2D eigenvalue weighted by Gasteiger charge is 2.23. The summed E-state index contributed by atoms with van der Waals surface area (Å²) < 4.78 is 5.50. The van der Waals surface area contributed by atoms with Gasteiger partial charge in [-0.3, -0.25) is 9.78 Å². The van der Waals surface area contributed by atoms with Gasteiger partial charge >= 0.3 is 0 Å². The normalized spacial score (nSPS) is 12.1. The first-order chi connectivity index (χ1) is 13.0. The molecule has 1 amide bonds. The van der Waals surface area contributed by atoms with Crippen molar-refractivity contribution in [1.29, 1.82) is 0 Å². The number of phenolic OH excluding ortho intramolecular Hbond substituents is 1. The highest BCUT2D eigenvalue weighted by Crippen LogP contribution is 2.35. The number of amides is 1. The molecule has 1 heterocycles. The third-order valence-corrected chi connectivity index (χ3v) is 4.43. The third-order valence-electron chi connectivity index (χ3n) is 4.43. The summed E-state index contributed by atoms with van der Waals surface area (Å²) in [4.78, 5) is 16.7. The number of nitrogens with zero attached hydrogens (tertiary/aromatic N) is 1. The molecule has 0 radical (unpaired) electrons. The summed E-state index contributed by atoms with van der Waals surface area (Å²) in [6, 6.07) is 14.5. The number of pyridine rings is 1. The molecule has 1 aromatic heterocycles. The van der Waals surface area contributed by atoms with Crippen LogP contribution in [0.3, 0.4) is 0 Å². The SMILES string of the molecule is CCOc1ccc(C(NC(=O)C(C)C)c2ccc3cccnc3c2O)cc1. The van der Waals surface area contributed by atoms with E-state index in [1.54, 1.807) is 6.20 Å². The zero-order valence-corrected chi connectivity index (χ0v) is 15.8. The van der Waals surface area contributed by atoms with Gasteiger partial charge in [-0.2, -0.15) is 0 Å². The standard InChI is InChI=1S/C22H24N2O3/c1-4-27-17-10-7-16(8-11-17)19(24-22(26)14(2)3)18-12-9-15-6-5-13-23-20(15)21(18)25/h5-14,19,25H,4H2,1-3H3,(H,24,26). The minimum Gasteiger partial charge on any atom is -0.505 e. The van der Waals surface area contributed by atoms with Crippen molar-refractivity contribution in [3.8, 4) is 11.5 Å². The molecule has 27 heavy (non-hydrogen) atoms. The molecule has 1 atom stereocenters. The predicted octanol–water partition coefficient (Wildman–Crippen LogP) is 4.20. The van der Waals surface area contributed by atoms with Gasteiger partial charge in [0.15, 0.2) is 0 Å². The minimum atomic E-state index is -0.484. The molecule has 0 aliphatic rings. The van der Waals surface area contributed by atoms with Gasteiger partial charge in [0.25, 0.3) is 0 Å². The number of aromatic hydroxyl groups is 1. The molecule has 3 aromatic rings. The van der Waals surface area contributed by atoms with E-state index >= 15 is 0 Å². The van der Waals surface area contributed by atoms with Crippen molar-refractivity contribution in [3.05, 3.63) is 65.9 Å². The maximum atomic E-state index is 12.4. The van der Waals surface area contributed by atoms with E-state index in [2.05, 4.69) is 10.3 Å². The van der Waals surface area contributed by atoms with E-state index in [0.717, 1.165) is 16.7 Å². The van der Waals surface area contributed by atoms with Gasteiger partial charge in [-0.1, -0.05) is 44.2 Å². The molecule has 0 saturated heterocycles. The third kappa shape index (κ3) is 4.03. The van der Waals surface area contributed by atoms with Gasteiger partial charge in [0.1, 0.15) is 17.0 Å². The van der Waals surface area contributed by atoms with Gasteiger partial charge in [0.2, 0.25) is 5.91 Å². The van der Waals surface area contributed by atoms with Gasteiger partial charge in [-0.15, -0.1) is 0 Å². The molecule has 2 N–H and O–H groups in total. The Morgan fingerprint density at radius 1 is 1.15 bits per heavy atom. The lowest BCUT2D eigenvalue weighted by Gasteiger charge is -2.22. The number of rotatable bonds is 6. The number of ether oxygens (including phenoxy) is 1. The van der Waals surface area contributed by atoms with Crippen LogP contribution >= 0.6 is 0 Å². The van der Waals surface area contributed by atoms with Crippen LogP contribution in [-0.4, -0.2) is 22.6 Å². The maximum absolute atomic E-state index is 12.4. The number of nitrogens with one attached hydrogen (secondary N) is 1. The molecule has 0 saturated carbocycles. The molecule has 1 unspecified atom stereocenters. The van der Waals surface area contributed by atoms with E-state index in [4.69, 9.17) is 4.74 Å².